The number of aryl methyl sites for hydroxylation is 1. The molecule has 0 spiro atoms. The van der Waals surface area contributed by atoms with Crippen LogP contribution >= 0.6 is 11.6 Å². The maximum Gasteiger partial charge on any atom is 0.227 e. The van der Waals surface area contributed by atoms with Gasteiger partial charge >= 0.3 is 0 Å². The first kappa shape index (κ1) is 15.2. The van der Waals surface area contributed by atoms with Gasteiger partial charge in [0.05, 0.1) is 29.4 Å². The fourth-order valence-electron chi connectivity index (χ4n) is 1.86. The molecule has 0 aliphatic carbocycles. The van der Waals surface area contributed by atoms with Crippen LogP contribution in [-0.2, 0) is 4.79 Å². The number of anilines is 2. The van der Waals surface area contributed by atoms with E-state index in [-0.39, 0.29) is 18.9 Å². The maximum atomic E-state index is 11.9. The fourth-order valence-corrected chi connectivity index (χ4v) is 2.13. The Labute approximate surface area is 128 Å². The maximum absolute atomic E-state index is 11.9. The highest BCUT2D eigenvalue weighted by molar-refractivity contribution is 6.33. The Hall–Kier alpha value is -2.20. The summed E-state index contributed by atoms with van der Waals surface area (Å²) >= 11 is 6.06. The lowest BCUT2D eigenvalue weighted by molar-refractivity contribution is -0.116. The second-order valence-corrected chi connectivity index (χ2v) is 5.02. The van der Waals surface area contributed by atoms with Crippen LogP contribution in [0.3, 0.4) is 0 Å². The van der Waals surface area contributed by atoms with Crippen molar-refractivity contribution in [2.75, 3.05) is 17.7 Å². The van der Waals surface area contributed by atoms with Gasteiger partial charge in [-0.2, -0.15) is 0 Å². The summed E-state index contributed by atoms with van der Waals surface area (Å²) in [4.78, 5) is 11.9. The molecule has 2 aromatic carbocycles. The van der Waals surface area contributed by atoms with Gasteiger partial charge < -0.3 is 15.8 Å². The third-order valence-electron chi connectivity index (χ3n) is 2.99. The van der Waals surface area contributed by atoms with Crippen LogP contribution in [0.4, 0.5) is 11.4 Å². The number of benzene rings is 2. The minimum Gasteiger partial charge on any atom is -0.491 e. The van der Waals surface area contributed by atoms with Crippen molar-refractivity contribution < 1.29 is 9.53 Å². The molecule has 0 aliphatic heterocycles. The zero-order valence-electron chi connectivity index (χ0n) is 11.7. The molecule has 4 nitrogen and oxygen atoms in total. The molecule has 0 unspecified atom stereocenters. The second-order valence-electron chi connectivity index (χ2n) is 4.62. The molecule has 0 fully saturated rings. The van der Waals surface area contributed by atoms with Gasteiger partial charge in [0.25, 0.3) is 0 Å². The number of hydrogen-bond donors (Lipinski definition) is 2. The highest BCUT2D eigenvalue weighted by atomic mass is 35.5. The Morgan fingerprint density at radius 2 is 2.00 bits per heavy atom. The van der Waals surface area contributed by atoms with Gasteiger partial charge in [-0.15, -0.1) is 0 Å². The Morgan fingerprint density at radius 3 is 2.71 bits per heavy atom. The summed E-state index contributed by atoms with van der Waals surface area (Å²) in [5.41, 5.74) is 7.88. The molecule has 1 amide bonds. The molecule has 0 aliphatic rings. The lowest BCUT2D eigenvalue weighted by Crippen LogP contribution is -2.16. The summed E-state index contributed by atoms with van der Waals surface area (Å²) in [6.45, 7) is 2.15. The number of amides is 1. The summed E-state index contributed by atoms with van der Waals surface area (Å²) in [5, 5.41) is 3.32. The first-order chi connectivity index (χ1) is 10.1. The molecule has 3 N–H and O–H groups in total. The van der Waals surface area contributed by atoms with E-state index < -0.39 is 0 Å². The minimum absolute atomic E-state index is 0.152. The quantitative estimate of drug-likeness (QED) is 0.829. The van der Waals surface area contributed by atoms with Crippen LogP contribution in [0.1, 0.15) is 12.0 Å². The predicted octanol–water partition coefficient (Wildman–Crippen LogP) is 3.64. The molecule has 2 aromatic rings. The summed E-state index contributed by atoms with van der Waals surface area (Å²) in [5.74, 6) is 0.430. The molecule has 0 radical (unpaired) electrons. The topological polar surface area (TPSA) is 64.3 Å². The molecule has 110 valence electrons. The lowest BCUT2D eigenvalue weighted by Gasteiger charge is -2.11. The van der Waals surface area contributed by atoms with Crippen molar-refractivity contribution in [3.8, 4) is 5.75 Å². The number of nitrogen functional groups attached to an aromatic ring is 1. The fraction of sp³-hybridized carbons (Fsp3) is 0.188. The number of para-hydroxylation sites is 3. The van der Waals surface area contributed by atoms with Crippen LogP contribution < -0.4 is 15.8 Å². The first-order valence-corrected chi connectivity index (χ1v) is 6.98. The standard InChI is InChI=1S/C16H17ClN2O2/c1-11-5-4-6-12(17)16(11)19-15(20)9-10-21-14-8-3-2-7-13(14)18/h2-8H,9-10,18H2,1H3,(H,19,20). The van der Waals surface area contributed by atoms with Crippen LogP contribution in [0.25, 0.3) is 0 Å². The highest BCUT2D eigenvalue weighted by Crippen LogP contribution is 2.25. The van der Waals surface area contributed by atoms with Gasteiger partial charge in [-0.3, -0.25) is 4.79 Å². The van der Waals surface area contributed by atoms with Crippen LogP contribution in [0, 0.1) is 6.92 Å². The Balaban J connectivity index is 1.87. The summed E-state index contributed by atoms with van der Waals surface area (Å²) in [6, 6.07) is 12.7. The molecular weight excluding hydrogens is 288 g/mol. The van der Waals surface area contributed by atoms with E-state index in [1.807, 2.05) is 31.2 Å². The summed E-state index contributed by atoms with van der Waals surface area (Å²) in [7, 11) is 0. The summed E-state index contributed by atoms with van der Waals surface area (Å²) < 4.78 is 5.49. The van der Waals surface area contributed by atoms with Crippen LogP contribution in [0.15, 0.2) is 42.5 Å². The molecule has 0 heterocycles. The van der Waals surface area contributed by atoms with E-state index in [1.54, 1.807) is 18.2 Å². The Kier molecular flexibility index (Phi) is 5.06. The van der Waals surface area contributed by atoms with Gasteiger partial charge in [-0.25, -0.2) is 0 Å². The zero-order valence-corrected chi connectivity index (χ0v) is 12.5. The number of halogens is 1. The zero-order chi connectivity index (χ0) is 15.2. The van der Waals surface area contributed by atoms with Crippen LogP contribution in [0.5, 0.6) is 5.75 Å². The van der Waals surface area contributed by atoms with E-state index >= 15 is 0 Å². The largest absolute Gasteiger partial charge is 0.491 e. The third-order valence-corrected chi connectivity index (χ3v) is 3.31. The minimum atomic E-state index is -0.152. The third kappa shape index (κ3) is 4.13. The van der Waals surface area contributed by atoms with E-state index in [4.69, 9.17) is 22.1 Å². The molecule has 21 heavy (non-hydrogen) atoms. The average Bonchev–Trinajstić information content (AvgIpc) is 2.45. The van der Waals surface area contributed by atoms with Gasteiger partial charge in [0.2, 0.25) is 5.91 Å². The number of hydrogen-bond acceptors (Lipinski definition) is 3. The Morgan fingerprint density at radius 1 is 1.24 bits per heavy atom. The van der Waals surface area contributed by atoms with Gasteiger partial charge in [0, 0.05) is 0 Å². The van der Waals surface area contributed by atoms with Crippen molar-refractivity contribution in [1.29, 1.82) is 0 Å². The van der Waals surface area contributed by atoms with Gasteiger partial charge in [-0.1, -0.05) is 35.9 Å². The molecule has 0 aromatic heterocycles. The van der Waals surface area contributed by atoms with Crippen molar-refractivity contribution in [1.82, 2.24) is 0 Å². The van der Waals surface area contributed by atoms with Gasteiger partial charge in [0.15, 0.2) is 0 Å². The second kappa shape index (κ2) is 6.99. The molecule has 0 bridgehead atoms. The summed E-state index contributed by atoms with van der Waals surface area (Å²) in [6.07, 6.45) is 0.221. The molecule has 0 atom stereocenters. The molecule has 0 saturated heterocycles. The number of carbonyl (C=O) groups is 1. The van der Waals surface area contributed by atoms with Crippen molar-refractivity contribution in [2.45, 2.75) is 13.3 Å². The predicted molar refractivity (Wildman–Crippen MR) is 85.8 cm³/mol. The normalized spacial score (nSPS) is 10.2. The van der Waals surface area contributed by atoms with Gasteiger partial charge in [-0.05, 0) is 30.7 Å². The number of nitrogens with one attached hydrogen (secondary N) is 1. The van der Waals surface area contributed by atoms with Crippen LogP contribution in [-0.4, -0.2) is 12.5 Å². The SMILES string of the molecule is Cc1cccc(Cl)c1NC(=O)CCOc1ccccc1N. The highest BCUT2D eigenvalue weighted by Gasteiger charge is 2.08. The van der Waals surface area contributed by atoms with E-state index in [0.717, 1.165) is 5.56 Å². The molecule has 2 rings (SSSR count). The van der Waals surface area contributed by atoms with Gasteiger partial charge in [0.1, 0.15) is 5.75 Å². The van der Waals surface area contributed by atoms with Crippen LogP contribution in [0.2, 0.25) is 5.02 Å². The van der Waals surface area contributed by atoms with Crippen molar-refractivity contribution in [3.63, 3.8) is 0 Å². The van der Waals surface area contributed by atoms with Crippen molar-refractivity contribution >= 4 is 28.9 Å². The monoisotopic (exact) mass is 304 g/mol. The van der Waals surface area contributed by atoms with E-state index in [9.17, 15) is 4.79 Å². The number of rotatable bonds is 5. The number of carbonyl (C=O) groups excluding carboxylic acids is 1. The Bertz CT molecular complexity index is 624. The van der Waals surface area contributed by atoms with E-state index in [1.165, 1.54) is 0 Å². The van der Waals surface area contributed by atoms with E-state index in [0.29, 0.717) is 22.1 Å². The molecule has 0 saturated carbocycles. The van der Waals surface area contributed by atoms with Crippen molar-refractivity contribution in [2.24, 2.45) is 0 Å². The smallest absolute Gasteiger partial charge is 0.227 e. The lowest BCUT2D eigenvalue weighted by atomic mass is 10.2. The average molecular weight is 305 g/mol. The number of nitrogens with two attached hydrogens (primary N) is 1. The first-order valence-electron chi connectivity index (χ1n) is 6.60. The molecular formula is C16H17ClN2O2. The molecule has 5 heteroatoms. The van der Waals surface area contributed by atoms with Crippen molar-refractivity contribution in [3.05, 3.63) is 53.1 Å². The van der Waals surface area contributed by atoms with E-state index in [2.05, 4.69) is 5.32 Å². The number of ether oxygens (including phenoxy) is 1.